The molecule has 2 aromatic rings. The van der Waals surface area contributed by atoms with Crippen LogP contribution in [0, 0.1) is 5.82 Å². The van der Waals surface area contributed by atoms with Gasteiger partial charge in [0.15, 0.2) is 0 Å². The summed E-state index contributed by atoms with van der Waals surface area (Å²) in [6.07, 6.45) is 1.69. The maximum Gasteiger partial charge on any atom is 0.146 e. The summed E-state index contributed by atoms with van der Waals surface area (Å²) in [5.74, 6) is 0.480. The van der Waals surface area contributed by atoms with Gasteiger partial charge in [-0.15, -0.1) is 0 Å². The predicted octanol–water partition coefficient (Wildman–Crippen LogP) is 2.99. The van der Waals surface area contributed by atoms with Crippen molar-refractivity contribution in [3.8, 4) is 0 Å². The van der Waals surface area contributed by atoms with Crippen molar-refractivity contribution in [1.29, 1.82) is 0 Å². The Kier molecular flexibility index (Phi) is 2.63. The standard InChI is InChI=1S/C12H11FN2/c1-15(12-8-4-5-9-14-12)11-7-3-2-6-10(11)13/h2-9H,1H3. The lowest BCUT2D eigenvalue weighted by Gasteiger charge is -2.18. The van der Waals surface area contributed by atoms with Crippen molar-refractivity contribution in [2.75, 3.05) is 11.9 Å². The monoisotopic (exact) mass is 202 g/mol. The fourth-order valence-corrected chi connectivity index (χ4v) is 1.40. The van der Waals surface area contributed by atoms with Crippen LogP contribution in [0.4, 0.5) is 15.9 Å². The van der Waals surface area contributed by atoms with E-state index >= 15 is 0 Å². The normalized spacial score (nSPS) is 10.0. The molecular formula is C12H11FN2. The maximum atomic E-state index is 13.5. The molecule has 76 valence electrons. The summed E-state index contributed by atoms with van der Waals surface area (Å²) in [7, 11) is 1.79. The van der Waals surface area contributed by atoms with Crippen molar-refractivity contribution in [3.05, 3.63) is 54.5 Å². The first kappa shape index (κ1) is 9.65. The molecule has 1 aromatic carbocycles. The molecular weight excluding hydrogens is 191 g/mol. The molecule has 0 amide bonds. The minimum Gasteiger partial charge on any atom is -0.327 e. The van der Waals surface area contributed by atoms with Crippen LogP contribution >= 0.6 is 0 Å². The van der Waals surface area contributed by atoms with Gasteiger partial charge in [0.25, 0.3) is 0 Å². The lowest BCUT2D eigenvalue weighted by atomic mass is 10.3. The number of pyridine rings is 1. The van der Waals surface area contributed by atoms with Gasteiger partial charge >= 0.3 is 0 Å². The fourth-order valence-electron chi connectivity index (χ4n) is 1.40. The van der Waals surface area contributed by atoms with E-state index in [0.717, 1.165) is 5.82 Å². The SMILES string of the molecule is CN(c1ccccn1)c1ccccc1F. The van der Waals surface area contributed by atoms with Crippen LogP contribution in [-0.4, -0.2) is 12.0 Å². The molecule has 0 aliphatic carbocycles. The molecule has 1 heterocycles. The third-order valence-corrected chi connectivity index (χ3v) is 2.21. The van der Waals surface area contributed by atoms with Crippen molar-refractivity contribution < 1.29 is 4.39 Å². The number of hydrogen-bond donors (Lipinski definition) is 0. The molecule has 0 radical (unpaired) electrons. The summed E-state index contributed by atoms with van der Waals surface area (Å²) in [6.45, 7) is 0. The Morgan fingerprint density at radius 1 is 1.07 bits per heavy atom. The van der Waals surface area contributed by atoms with Gasteiger partial charge in [-0.05, 0) is 24.3 Å². The smallest absolute Gasteiger partial charge is 0.146 e. The van der Waals surface area contributed by atoms with Crippen LogP contribution in [0.25, 0.3) is 0 Å². The van der Waals surface area contributed by atoms with Crippen molar-refractivity contribution >= 4 is 11.5 Å². The number of anilines is 2. The molecule has 0 N–H and O–H groups in total. The Bertz CT molecular complexity index is 442. The van der Waals surface area contributed by atoms with Gasteiger partial charge in [0.2, 0.25) is 0 Å². The molecule has 0 atom stereocenters. The summed E-state index contributed by atoms with van der Waals surface area (Å²) in [4.78, 5) is 5.87. The van der Waals surface area contributed by atoms with Gasteiger partial charge in [-0.25, -0.2) is 9.37 Å². The third kappa shape index (κ3) is 1.96. The number of hydrogen-bond acceptors (Lipinski definition) is 2. The number of para-hydroxylation sites is 1. The van der Waals surface area contributed by atoms with E-state index in [0.29, 0.717) is 5.69 Å². The Morgan fingerprint density at radius 2 is 1.80 bits per heavy atom. The summed E-state index contributed by atoms with van der Waals surface area (Å²) in [6, 6.07) is 12.2. The van der Waals surface area contributed by atoms with E-state index in [1.54, 1.807) is 36.3 Å². The van der Waals surface area contributed by atoms with Gasteiger partial charge in [-0.2, -0.15) is 0 Å². The van der Waals surface area contributed by atoms with Crippen LogP contribution in [0.5, 0.6) is 0 Å². The second-order valence-corrected chi connectivity index (χ2v) is 3.20. The van der Waals surface area contributed by atoms with E-state index in [2.05, 4.69) is 4.98 Å². The highest BCUT2D eigenvalue weighted by Crippen LogP contribution is 2.23. The van der Waals surface area contributed by atoms with Gasteiger partial charge in [0.05, 0.1) is 5.69 Å². The molecule has 1 aromatic heterocycles. The molecule has 3 heteroatoms. The molecule has 0 spiro atoms. The second kappa shape index (κ2) is 4.09. The van der Waals surface area contributed by atoms with Crippen LogP contribution in [-0.2, 0) is 0 Å². The van der Waals surface area contributed by atoms with Gasteiger partial charge < -0.3 is 4.90 Å². The van der Waals surface area contributed by atoms with Gasteiger partial charge in [-0.3, -0.25) is 0 Å². The quantitative estimate of drug-likeness (QED) is 0.744. The fraction of sp³-hybridized carbons (Fsp3) is 0.0833. The first-order chi connectivity index (χ1) is 7.29. The molecule has 0 bridgehead atoms. The largest absolute Gasteiger partial charge is 0.327 e. The summed E-state index contributed by atoms with van der Waals surface area (Å²) >= 11 is 0. The number of halogens is 1. The van der Waals surface area contributed by atoms with Crippen LogP contribution in [0.3, 0.4) is 0 Å². The van der Waals surface area contributed by atoms with E-state index in [1.807, 2.05) is 18.2 Å². The van der Waals surface area contributed by atoms with Gasteiger partial charge in [0, 0.05) is 13.2 Å². The Labute approximate surface area is 88.0 Å². The Hall–Kier alpha value is -1.90. The highest BCUT2D eigenvalue weighted by atomic mass is 19.1. The molecule has 0 unspecified atom stereocenters. The zero-order chi connectivity index (χ0) is 10.7. The lowest BCUT2D eigenvalue weighted by Crippen LogP contribution is -2.12. The highest BCUT2D eigenvalue weighted by molar-refractivity contribution is 5.59. The Balaban J connectivity index is 2.37. The summed E-state index contributed by atoms with van der Waals surface area (Å²) in [5, 5.41) is 0. The summed E-state index contributed by atoms with van der Waals surface area (Å²) in [5.41, 5.74) is 0.524. The van der Waals surface area contributed by atoms with Crippen LogP contribution in [0.15, 0.2) is 48.7 Å². The molecule has 0 aliphatic rings. The molecule has 0 saturated carbocycles. The number of rotatable bonds is 2. The van der Waals surface area contributed by atoms with Gasteiger partial charge in [-0.1, -0.05) is 18.2 Å². The molecule has 0 fully saturated rings. The minimum atomic E-state index is -0.245. The average Bonchev–Trinajstić information content (AvgIpc) is 2.30. The zero-order valence-corrected chi connectivity index (χ0v) is 8.39. The van der Waals surface area contributed by atoms with Crippen LogP contribution in [0.1, 0.15) is 0 Å². The topological polar surface area (TPSA) is 16.1 Å². The van der Waals surface area contributed by atoms with Gasteiger partial charge in [0.1, 0.15) is 11.6 Å². The van der Waals surface area contributed by atoms with Crippen LogP contribution < -0.4 is 4.90 Å². The maximum absolute atomic E-state index is 13.5. The molecule has 2 nitrogen and oxygen atoms in total. The Morgan fingerprint density at radius 3 is 2.47 bits per heavy atom. The zero-order valence-electron chi connectivity index (χ0n) is 8.39. The molecule has 2 rings (SSSR count). The number of aromatic nitrogens is 1. The molecule has 0 saturated heterocycles. The van der Waals surface area contributed by atoms with Crippen molar-refractivity contribution in [2.45, 2.75) is 0 Å². The average molecular weight is 202 g/mol. The van der Waals surface area contributed by atoms with E-state index in [9.17, 15) is 4.39 Å². The molecule has 15 heavy (non-hydrogen) atoms. The number of benzene rings is 1. The lowest BCUT2D eigenvalue weighted by molar-refractivity contribution is 0.627. The van der Waals surface area contributed by atoms with Crippen molar-refractivity contribution in [1.82, 2.24) is 4.98 Å². The summed E-state index contributed by atoms with van der Waals surface area (Å²) < 4.78 is 13.5. The number of nitrogens with zero attached hydrogens (tertiary/aromatic N) is 2. The van der Waals surface area contributed by atoms with Crippen molar-refractivity contribution in [2.24, 2.45) is 0 Å². The first-order valence-corrected chi connectivity index (χ1v) is 4.68. The van der Waals surface area contributed by atoms with Crippen LogP contribution in [0.2, 0.25) is 0 Å². The minimum absolute atomic E-state index is 0.245. The first-order valence-electron chi connectivity index (χ1n) is 4.68. The van der Waals surface area contributed by atoms with E-state index < -0.39 is 0 Å². The third-order valence-electron chi connectivity index (χ3n) is 2.21. The van der Waals surface area contributed by atoms with E-state index in [4.69, 9.17) is 0 Å². The second-order valence-electron chi connectivity index (χ2n) is 3.20. The highest BCUT2D eigenvalue weighted by Gasteiger charge is 2.08. The van der Waals surface area contributed by atoms with E-state index in [-0.39, 0.29) is 5.82 Å². The van der Waals surface area contributed by atoms with Crippen molar-refractivity contribution in [3.63, 3.8) is 0 Å². The predicted molar refractivity (Wildman–Crippen MR) is 58.7 cm³/mol. The van der Waals surface area contributed by atoms with E-state index in [1.165, 1.54) is 6.07 Å². The molecule has 0 aliphatic heterocycles.